The molecule has 2 nitrogen and oxygen atoms in total. The first kappa shape index (κ1) is 12.1. The van der Waals surface area contributed by atoms with Crippen LogP contribution < -0.4 is 10.5 Å². The van der Waals surface area contributed by atoms with Gasteiger partial charge >= 0.3 is 0 Å². The van der Waals surface area contributed by atoms with Crippen molar-refractivity contribution in [1.29, 1.82) is 0 Å². The molecule has 2 aromatic rings. The average molecular weight is 247 g/mol. The van der Waals surface area contributed by atoms with Crippen molar-refractivity contribution < 1.29 is 4.74 Å². The molecule has 0 saturated heterocycles. The first-order valence-corrected chi connectivity index (χ1v) is 6.64. The molecule has 0 aliphatic heterocycles. The molecule has 1 heterocycles. The van der Waals surface area contributed by atoms with Crippen LogP contribution in [0.3, 0.4) is 0 Å². The standard InChI is InChI=1S/C14H17NOS/c1-11-4-2-5-12(10-11)16-13(7-8-15)14-6-3-9-17-14/h2-6,9-10,13H,7-8,15H2,1H3. The fourth-order valence-corrected chi connectivity index (χ4v) is 2.53. The van der Waals surface area contributed by atoms with E-state index >= 15 is 0 Å². The van der Waals surface area contributed by atoms with Gasteiger partial charge in [0, 0.05) is 11.3 Å². The lowest BCUT2D eigenvalue weighted by Gasteiger charge is -2.17. The van der Waals surface area contributed by atoms with Crippen LogP contribution in [0.1, 0.15) is 23.0 Å². The smallest absolute Gasteiger partial charge is 0.134 e. The summed E-state index contributed by atoms with van der Waals surface area (Å²) in [7, 11) is 0. The maximum Gasteiger partial charge on any atom is 0.134 e. The minimum absolute atomic E-state index is 0.0711. The molecule has 17 heavy (non-hydrogen) atoms. The van der Waals surface area contributed by atoms with Crippen molar-refractivity contribution >= 4 is 11.3 Å². The van der Waals surface area contributed by atoms with Crippen LogP contribution in [0.5, 0.6) is 5.75 Å². The van der Waals surface area contributed by atoms with Crippen LogP contribution in [-0.2, 0) is 0 Å². The van der Waals surface area contributed by atoms with E-state index in [0.29, 0.717) is 6.54 Å². The van der Waals surface area contributed by atoms with Gasteiger partial charge in [-0.3, -0.25) is 0 Å². The molecule has 1 unspecified atom stereocenters. The molecule has 0 radical (unpaired) electrons. The summed E-state index contributed by atoms with van der Waals surface area (Å²) >= 11 is 1.71. The summed E-state index contributed by atoms with van der Waals surface area (Å²) in [5, 5.41) is 2.07. The number of thiophene rings is 1. The van der Waals surface area contributed by atoms with E-state index in [9.17, 15) is 0 Å². The van der Waals surface area contributed by atoms with Gasteiger partial charge in [-0.15, -0.1) is 11.3 Å². The van der Waals surface area contributed by atoms with Gasteiger partial charge in [0.1, 0.15) is 11.9 Å². The topological polar surface area (TPSA) is 35.2 Å². The van der Waals surface area contributed by atoms with Gasteiger partial charge in [-0.05, 0) is 42.6 Å². The molecule has 1 atom stereocenters. The van der Waals surface area contributed by atoms with Crippen LogP contribution in [0.4, 0.5) is 0 Å². The van der Waals surface area contributed by atoms with Gasteiger partial charge in [-0.2, -0.15) is 0 Å². The first-order chi connectivity index (χ1) is 8.29. The lowest BCUT2D eigenvalue weighted by Crippen LogP contribution is -2.12. The van der Waals surface area contributed by atoms with Gasteiger partial charge in [-0.1, -0.05) is 18.2 Å². The Morgan fingerprint density at radius 3 is 2.82 bits per heavy atom. The summed E-state index contributed by atoms with van der Waals surface area (Å²) in [6, 6.07) is 12.3. The van der Waals surface area contributed by atoms with Crippen molar-refractivity contribution in [1.82, 2.24) is 0 Å². The third kappa shape index (κ3) is 3.32. The lowest BCUT2D eigenvalue weighted by molar-refractivity contribution is 0.201. The third-order valence-electron chi connectivity index (χ3n) is 2.56. The van der Waals surface area contributed by atoms with Crippen molar-refractivity contribution in [2.75, 3.05) is 6.54 Å². The molecule has 1 aromatic heterocycles. The zero-order valence-corrected chi connectivity index (χ0v) is 10.7. The van der Waals surface area contributed by atoms with Crippen molar-refractivity contribution in [3.05, 3.63) is 52.2 Å². The maximum absolute atomic E-state index is 6.01. The monoisotopic (exact) mass is 247 g/mol. The maximum atomic E-state index is 6.01. The van der Waals surface area contributed by atoms with Crippen molar-refractivity contribution in [2.45, 2.75) is 19.4 Å². The molecule has 0 spiro atoms. The average Bonchev–Trinajstić information content (AvgIpc) is 2.82. The molecule has 3 heteroatoms. The molecule has 0 saturated carbocycles. The van der Waals surface area contributed by atoms with Gasteiger partial charge in [0.25, 0.3) is 0 Å². The molecule has 0 fully saturated rings. The SMILES string of the molecule is Cc1cccc(OC(CCN)c2cccs2)c1. The summed E-state index contributed by atoms with van der Waals surface area (Å²) in [5.41, 5.74) is 6.85. The van der Waals surface area contributed by atoms with E-state index in [1.807, 2.05) is 18.2 Å². The lowest BCUT2D eigenvalue weighted by atomic mass is 10.2. The van der Waals surface area contributed by atoms with E-state index < -0.39 is 0 Å². The quantitative estimate of drug-likeness (QED) is 0.877. The summed E-state index contributed by atoms with van der Waals surface area (Å²) in [6.45, 7) is 2.70. The van der Waals surface area contributed by atoms with Gasteiger partial charge in [0.05, 0.1) is 0 Å². The molecule has 2 N–H and O–H groups in total. The molecule has 2 rings (SSSR count). The van der Waals surface area contributed by atoms with Gasteiger partial charge in [0.2, 0.25) is 0 Å². The van der Waals surface area contributed by atoms with Crippen molar-refractivity contribution in [3.8, 4) is 5.75 Å². The largest absolute Gasteiger partial charge is 0.485 e. The van der Waals surface area contributed by atoms with Crippen molar-refractivity contribution in [3.63, 3.8) is 0 Å². The minimum Gasteiger partial charge on any atom is -0.485 e. The van der Waals surface area contributed by atoms with E-state index in [1.165, 1.54) is 10.4 Å². The third-order valence-corrected chi connectivity index (χ3v) is 3.52. The Balaban J connectivity index is 2.13. The Labute approximate surface area is 106 Å². The number of hydrogen-bond donors (Lipinski definition) is 1. The molecule has 0 aliphatic rings. The Morgan fingerprint density at radius 1 is 1.29 bits per heavy atom. The van der Waals surface area contributed by atoms with E-state index in [4.69, 9.17) is 10.5 Å². The first-order valence-electron chi connectivity index (χ1n) is 5.76. The number of nitrogens with two attached hydrogens (primary N) is 1. The highest BCUT2D eigenvalue weighted by Crippen LogP contribution is 2.27. The predicted octanol–water partition coefficient (Wildman–Crippen LogP) is 3.53. The number of rotatable bonds is 5. The van der Waals surface area contributed by atoms with Gasteiger partial charge in [0.15, 0.2) is 0 Å². The fraction of sp³-hybridized carbons (Fsp3) is 0.286. The van der Waals surface area contributed by atoms with Crippen LogP contribution in [0, 0.1) is 6.92 Å². The highest BCUT2D eigenvalue weighted by molar-refractivity contribution is 7.10. The fourth-order valence-electron chi connectivity index (χ4n) is 1.74. The summed E-state index contributed by atoms with van der Waals surface area (Å²) in [6.07, 6.45) is 0.913. The second-order valence-electron chi connectivity index (χ2n) is 4.02. The normalized spacial score (nSPS) is 12.4. The van der Waals surface area contributed by atoms with Crippen LogP contribution in [0.2, 0.25) is 0 Å². The Kier molecular flexibility index (Phi) is 4.18. The van der Waals surface area contributed by atoms with Crippen LogP contribution in [0.25, 0.3) is 0 Å². The van der Waals surface area contributed by atoms with Crippen LogP contribution in [0.15, 0.2) is 41.8 Å². The van der Waals surface area contributed by atoms with Crippen LogP contribution in [-0.4, -0.2) is 6.54 Å². The predicted molar refractivity (Wildman–Crippen MR) is 72.5 cm³/mol. The Morgan fingerprint density at radius 2 is 2.18 bits per heavy atom. The molecule has 0 aliphatic carbocycles. The number of ether oxygens (including phenoxy) is 1. The molecule has 0 bridgehead atoms. The highest BCUT2D eigenvalue weighted by Gasteiger charge is 2.13. The summed E-state index contributed by atoms with van der Waals surface area (Å²) in [5.74, 6) is 0.914. The Hall–Kier alpha value is -1.32. The van der Waals surface area contributed by atoms with E-state index in [-0.39, 0.29) is 6.10 Å². The number of benzene rings is 1. The van der Waals surface area contributed by atoms with E-state index in [2.05, 4.69) is 30.5 Å². The molecular weight excluding hydrogens is 230 g/mol. The number of hydrogen-bond acceptors (Lipinski definition) is 3. The molecule has 0 amide bonds. The number of aryl methyl sites for hydroxylation is 1. The molecule has 90 valence electrons. The zero-order valence-electron chi connectivity index (χ0n) is 9.93. The second kappa shape index (κ2) is 5.84. The van der Waals surface area contributed by atoms with Crippen molar-refractivity contribution in [2.24, 2.45) is 5.73 Å². The minimum atomic E-state index is 0.0711. The van der Waals surface area contributed by atoms with Gasteiger partial charge < -0.3 is 10.5 Å². The highest BCUT2D eigenvalue weighted by atomic mass is 32.1. The van der Waals surface area contributed by atoms with Crippen LogP contribution >= 0.6 is 11.3 Å². The zero-order chi connectivity index (χ0) is 12.1. The summed E-state index contributed by atoms with van der Waals surface area (Å²) in [4.78, 5) is 1.23. The summed E-state index contributed by atoms with van der Waals surface area (Å²) < 4.78 is 6.01. The Bertz CT molecular complexity index is 453. The van der Waals surface area contributed by atoms with E-state index in [0.717, 1.165) is 12.2 Å². The molecule has 1 aromatic carbocycles. The molecular formula is C14H17NOS. The van der Waals surface area contributed by atoms with Gasteiger partial charge in [-0.25, -0.2) is 0 Å². The van der Waals surface area contributed by atoms with E-state index in [1.54, 1.807) is 11.3 Å². The second-order valence-corrected chi connectivity index (χ2v) is 5.00.